The molecule has 0 aliphatic heterocycles. The van der Waals surface area contributed by atoms with Crippen molar-refractivity contribution in [1.82, 2.24) is 0 Å². The van der Waals surface area contributed by atoms with Crippen LogP contribution in [0.5, 0.6) is 0 Å². The average Bonchev–Trinajstić information content (AvgIpc) is 3.19. The van der Waals surface area contributed by atoms with Gasteiger partial charge in [-0.25, -0.2) is 0 Å². The van der Waals surface area contributed by atoms with Gasteiger partial charge in [-0.3, -0.25) is 4.79 Å². The molecule has 3 saturated carbocycles. The molecule has 0 saturated heterocycles. The van der Waals surface area contributed by atoms with E-state index in [-0.39, 0.29) is 12.1 Å². The van der Waals surface area contributed by atoms with Crippen molar-refractivity contribution in [2.24, 2.45) is 57.8 Å². The molecule has 36 heavy (non-hydrogen) atoms. The molecule has 4 rings (SSSR count). The summed E-state index contributed by atoms with van der Waals surface area (Å²) in [5.41, 5.74) is 14.1. The number of carbonyl (C=O) groups is 1. The maximum atomic E-state index is 12.4. The zero-order valence-electron chi connectivity index (χ0n) is 23.9. The van der Waals surface area contributed by atoms with Gasteiger partial charge < -0.3 is 16.2 Å². The van der Waals surface area contributed by atoms with Crippen molar-refractivity contribution in [3.63, 3.8) is 0 Å². The Morgan fingerprint density at radius 1 is 1.08 bits per heavy atom. The third-order valence-electron chi connectivity index (χ3n) is 11.4. The number of nitrogens with two attached hydrogens (primary N) is 2. The first kappa shape index (κ1) is 27.6. The molecule has 4 aliphatic rings. The fourth-order valence-electron chi connectivity index (χ4n) is 9.33. The summed E-state index contributed by atoms with van der Waals surface area (Å²) in [6.45, 7) is 12.5. The maximum Gasteiger partial charge on any atom is 0.306 e. The van der Waals surface area contributed by atoms with Gasteiger partial charge >= 0.3 is 5.97 Å². The Morgan fingerprint density at radius 3 is 2.58 bits per heavy atom. The number of ether oxygens (including phenoxy) is 1. The largest absolute Gasteiger partial charge is 0.462 e. The van der Waals surface area contributed by atoms with Crippen LogP contribution in [0.1, 0.15) is 118 Å². The third-order valence-corrected chi connectivity index (χ3v) is 11.4. The molecule has 8 atom stereocenters. The summed E-state index contributed by atoms with van der Waals surface area (Å²) in [5.74, 6) is 4.99. The highest BCUT2D eigenvalue weighted by Gasteiger charge is 2.59. The smallest absolute Gasteiger partial charge is 0.306 e. The lowest BCUT2D eigenvalue weighted by atomic mass is 9.47. The molecule has 0 aromatic rings. The first-order chi connectivity index (χ1) is 17.1. The van der Waals surface area contributed by atoms with Gasteiger partial charge in [-0.1, -0.05) is 65.5 Å². The molecular weight excluding hydrogens is 444 g/mol. The van der Waals surface area contributed by atoms with Crippen LogP contribution >= 0.6 is 0 Å². The Hall–Kier alpha value is -1.45. The highest BCUT2D eigenvalue weighted by molar-refractivity contribution is 5.70. The molecule has 0 bridgehead atoms. The summed E-state index contributed by atoms with van der Waals surface area (Å²) in [4.78, 5) is 12.4. The van der Waals surface area contributed by atoms with Crippen molar-refractivity contribution in [3.05, 3.63) is 23.5 Å². The molecule has 4 heteroatoms. The second kappa shape index (κ2) is 11.1. The molecule has 8 unspecified atom stereocenters. The standard InChI is InChI=1S/C32H54N2O2/c1-21(2)7-6-8-22(3)27-12-13-28-26-11-9-23-19-25(36-30(35)14-10-24(34)20-33)15-17-31(23,4)29(26)16-18-32(27,28)5/h9,20-22,25-29H,6-8,10-19,33-34H2,1-5H3/b24-20-. The number of hydrogen-bond acceptors (Lipinski definition) is 4. The summed E-state index contributed by atoms with van der Waals surface area (Å²) in [5, 5.41) is 0. The van der Waals surface area contributed by atoms with Crippen molar-refractivity contribution < 1.29 is 9.53 Å². The summed E-state index contributed by atoms with van der Waals surface area (Å²) in [6, 6.07) is 0. The quantitative estimate of drug-likeness (QED) is 0.255. The van der Waals surface area contributed by atoms with E-state index in [1.807, 2.05) is 0 Å². The fourth-order valence-corrected chi connectivity index (χ4v) is 9.33. The molecular formula is C32H54N2O2. The fraction of sp³-hybridized carbons (Fsp3) is 0.844. The van der Waals surface area contributed by atoms with E-state index in [9.17, 15) is 4.79 Å². The second-order valence-electron chi connectivity index (χ2n) is 13.9. The summed E-state index contributed by atoms with van der Waals surface area (Å²) >= 11 is 0. The van der Waals surface area contributed by atoms with E-state index in [0.29, 0.717) is 29.4 Å². The Balaban J connectivity index is 1.39. The topological polar surface area (TPSA) is 78.3 Å². The van der Waals surface area contributed by atoms with Gasteiger partial charge in [0.15, 0.2) is 0 Å². The molecule has 0 amide bonds. The van der Waals surface area contributed by atoms with E-state index >= 15 is 0 Å². The van der Waals surface area contributed by atoms with E-state index in [2.05, 4.69) is 40.7 Å². The molecule has 4 aliphatic carbocycles. The van der Waals surface area contributed by atoms with Crippen LogP contribution in [-0.2, 0) is 9.53 Å². The molecule has 0 radical (unpaired) electrons. The van der Waals surface area contributed by atoms with Gasteiger partial charge in [0.2, 0.25) is 0 Å². The maximum absolute atomic E-state index is 12.4. The molecule has 0 spiro atoms. The van der Waals surface area contributed by atoms with E-state index in [0.717, 1.165) is 54.8 Å². The minimum atomic E-state index is -0.143. The molecule has 0 aromatic carbocycles. The number of esters is 1. The van der Waals surface area contributed by atoms with E-state index in [4.69, 9.17) is 16.2 Å². The zero-order chi connectivity index (χ0) is 26.1. The lowest BCUT2D eigenvalue weighted by Crippen LogP contribution is -2.51. The Morgan fingerprint density at radius 2 is 1.86 bits per heavy atom. The van der Waals surface area contributed by atoms with Crippen LogP contribution in [0, 0.1) is 46.3 Å². The Bertz CT molecular complexity index is 847. The van der Waals surface area contributed by atoms with Crippen molar-refractivity contribution in [3.8, 4) is 0 Å². The second-order valence-corrected chi connectivity index (χ2v) is 13.9. The predicted octanol–water partition coefficient (Wildman–Crippen LogP) is 7.48. The van der Waals surface area contributed by atoms with Crippen molar-refractivity contribution in [2.45, 2.75) is 124 Å². The summed E-state index contributed by atoms with van der Waals surface area (Å²) < 4.78 is 5.89. The first-order valence-electron chi connectivity index (χ1n) is 15.1. The van der Waals surface area contributed by atoms with Gasteiger partial charge in [-0.05, 0) is 97.7 Å². The third kappa shape index (κ3) is 5.39. The van der Waals surface area contributed by atoms with Gasteiger partial charge in [-0.15, -0.1) is 0 Å². The number of fused-ring (bicyclic) bond motifs is 5. The van der Waals surface area contributed by atoms with Crippen LogP contribution in [0.15, 0.2) is 23.5 Å². The van der Waals surface area contributed by atoms with Crippen LogP contribution in [0.4, 0.5) is 0 Å². The Labute approximate surface area is 221 Å². The zero-order valence-corrected chi connectivity index (χ0v) is 23.9. The van der Waals surface area contributed by atoms with Gasteiger partial charge in [0.25, 0.3) is 0 Å². The minimum Gasteiger partial charge on any atom is -0.462 e. The van der Waals surface area contributed by atoms with Gasteiger partial charge in [0.1, 0.15) is 6.10 Å². The number of rotatable bonds is 9. The number of allylic oxidation sites excluding steroid dienone is 2. The normalized spacial score (nSPS) is 39.1. The van der Waals surface area contributed by atoms with E-state index in [1.54, 1.807) is 5.57 Å². The van der Waals surface area contributed by atoms with Crippen LogP contribution in [0.2, 0.25) is 0 Å². The van der Waals surface area contributed by atoms with Gasteiger partial charge in [-0.2, -0.15) is 0 Å². The van der Waals surface area contributed by atoms with Crippen molar-refractivity contribution >= 4 is 5.97 Å². The average molecular weight is 499 g/mol. The van der Waals surface area contributed by atoms with Crippen LogP contribution in [-0.4, -0.2) is 12.1 Å². The monoisotopic (exact) mass is 498 g/mol. The number of hydrogen-bond donors (Lipinski definition) is 2. The van der Waals surface area contributed by atoms with E-state index in [1.165, 1.54) is 57.6 Å². The highest BCUT2D eigenvalue weighted by atomic mass is 16.5. The molecule has 4 nitrogen and oxygen atoms in total. The highest BCUT2D eigenvalue weighted by Crippen LogP contribution is 2.67. The lowest BCUT2D eigenvalue weighted by molar-refractivity contribution is -0.151. The molecule has 3 fully saturated rings. The van der Waals surface area contributed by atoms with E-state index < -0.39 is 0 Å². The SMILES string of the molecule is CC(C)CCCC(C)C1CCC2C3CC=C4CC(OC(=O)CC/C(N)=C/N)CCC4(C)C3CCC12C. The molecule has 204 valence electrons. The van der Waals surface area contributed by atoms with Crippen LogP contribution < -0.4 is 11.5 Å². The van der Waals surface area contributed by atoms with Crippen molar-refractivity contribution in [2.75, 3.05) is 0 Å². The first-order valence-corrected chi connectivity index (χ1v) is 15.1. The van der Waals surface area contributed by atoms with Crippen LogP contribution in [0.25, 0.3) is 0 Å². The van der Waals surface area contributed by atoms with Crippen molar-refractivity contribution in [1.29, 1.82) is 0 Å². The number of carbonyl (C=O) groups excluding carboxylic acids is 1. The van der Waals surface area contributed by atoms with Gasteiger partial charge in [0, 0.05) is 18.3 Å². The lowest BCUT2D eigenvalue weighted by Gasteiger charge is -2.58. The summed E-state index contributed by atoms with van der Waals surface area (Å²) in [7, 11) is 0. The summed E-state index contributed by atoms with van der Waals surface area (Å²) in [6.07, 6.45) is 18.9. The molecule has 0 aromatic heterocycles. The Kier molecular flexibility index (Phi) is 8.52. The molecule has 4 N–H and O–H groups in total. The predicted molar refractivity (Wildman–Crippen MR) is 149 cm³/mol. The minimum absolute atomic E-state index is 0.0212. The van der Waals surface area contributed by atoms with Gasteiger partial charge in [0.05, 0.1) is 6.42 Å². The van der Waals surface area contributed by atoms with Crippen LogP contribution in [0.3, 0.4) is 0 Å². The molecule has 0 heterocycles.